The van der Waals surface area contributed by atoms with Crippen LogP contribution in [0.15, 0.2) is 24.8 Å². The largest absolute Gasteiger partial charge is 0.494 e. The van der Waals surface area contributed by atoms with E-state index in [2.05, 4.69) is 37.0 Å². The standard InChI is InChI=1S/C13H19NO/c1-5-15-11(3)13-8-10(2)6-7-12(13)9-14-4/h6-8,14H,3,5,9H2,1-2,4H3. The summed E-state index contributed by atoms with van der Waals surface area (Å²) in [4.78, 5) is 0. The second kappa shape index (κ2) is 5.56. The maximum Gasteiger partial charge on any atom is 0.119 e. The minimum atomic E-state index is 0.659. The van der Waals surface area contributed by atoms with E-state index in [1.807, 2.05) is 14.0 Å². The highest BCUT2D eigenvalue weighted by Crippen LogP contribution is 2.20. The predicted octanol–water partition coefficient (Wildman–Crippen LogP) is 2.72. The van der Waals surface area contributed by atoms with Crippen molar-refractivity contribution in [2.24, 2.45) is 0 Å². The molecule has 2 heteroatoms. The number of hydrogen-bond donors (Lipinski definition) is 1. The molecule has 0 atom stereocenters. The van der Waals surface area contributed by atoms with Crippen LogP contribution in [0.3, 0.4) is 0 Å². The lowest BCUT2D eigenvalue weighted by Gasteiger charge is -2.13. The molecule has 82 valence electrons. The number of aryl methyl sites for hydroxylation is 1. The van der Waals surface area contributed by atoms with Crippen LogP contribution < -0.4 is 5.32 Å². The fraction of sp³-hybridized carbons (Fsp3) is 0.385. The van der Waals surface area contributed by atoms with Crippen LogP contribution in [-0.2, 0) is 11.3 Å². The molecule has 0 unspecified atom stereocenters. The highest BCUT2D eigenvalue weighted by molar-refractivity contribution is 5.61. The van der Waals surface area contributed by atoms with Gasteiger partial charge in [0.15, 0.2) is 0 Å². The molecule has 2 nitrogen and oxygen atoms in total. The number of hydrogen-bond acceptors (Lipinski definition) is 2. The second-order valence-electron chi connectivity index (χ2n) is 3.55. The Kier molecular flexibility index (Phi) is 4.37. The van der Waals surface area contributed by atoms with E-state index in [1.165, 1.54) is 11.1 Å². The summed E-state index contributed by atoms with van der Waals surface area (Å²) in [6.45, 7) is 9.49. The van der Waals surface area contributed by atoms with Gasteiger partial charge >= 0.3 is 0 Å². The van der Waals surface area contributed by atoms with Crippen LogP contribution in [-0.4, -0.2) is 13.7 Å². The fourth-order valence-corrected chi connectivity index (χ4v) is 1.55. The van der Waals surface area contributed by atoms with Gasteiger partial charge in [0.05, 0.1) is 6.61 Å². The second-order valence-corrected chi connectivity index (χ2v) is 3.55. The SMILES string of the molecule is C=C(OCC)c1cc(C)ccc1CNC. The molecule has 0 aromatic heterocycles. The Balaban J connectivity index is 3.00. The molecular weight excluding hydrogens is 186 g/mol. The molecular formula is C13H19NO. The molecule has 0 aliphatic carbocycles. The molecule has 0 spiro atoms. The average molecular weight is 205 g/mol. The first-order valence-corrected chi connectivity index (χ1v) is 5.25. The topological polar surface area (TPSA) is 21.3 Å². The summed E-state index contributed by atoms with van der Waals surface area (Å²) < 4.78 is 5.45. The van der Waals surface area contributed by atoms with Crippen molar-refractivity contribution in [3.05, 3.63) is 41.5 Å². The average Bonchev–Trinajstić information content (AvgIpc) is 2.21. The summed E-state index contributed by atoms with van der Waals surface area (Å²) in [6, 6.07) is 6.34. The molecule has 0 aliphatic heterocycles. The van der Waals surface area contributed by atoms with Crippen molar-refractivity contribution >= 4 is 5.76 Å². The minimum Gasteiger partial charge on any atom is -0.494 e. The third-order valence-electron chi connectivity index (χ3n) is 2.25. The zero-order valence-electron chi connectivity index (χ0n) is 9.76. The van der Waals surface area contributed by atoms with Gasteiger partial charge in [-0.05, 0) is 32.5 Å². The predicted molar refractivity (Wildman–Crippen MR) is 64.6 cm³/mol. The van der Waals surface area contributed by atoms with Gasteiger partial charge in [-0.2, -0.15) is 0 Å². The molecule has 0 fully saturated rings. The van der Waals surface area contributed by atoms with Crippen LogP contribution in [0.25, 0.3) is 5.76 Å². The quantitative estimate of drug-likeness (QED) is 0.746. The van der Waals surface area contributed by atoms with Gasteiger partial charge in [0.2, 0.25) is 0 Å². The molecule has 15 heavy (non-hydrogen) atoms. The smallest absolute Gasteiger partial charge is 0.119 e. The summed E-state index contributed by atoms with van der Waals surface area (Å²) in [6.07, 6.45) is 0. The normalized spacial score (nSPS) is 10.1. The van der Waals surface area contributed by atoms with E-state index < -0.39 is 0 Å². The van der Waals surface area contributed by atoms with Gasteiger partial charge in [-0.3, -0.25) is 0 Å². The van der Waals surface area contributed by atoms with Crippen molar-refractivity contribution < 1.29 is 4.74 Å². The Bertz CT molecular complexity index is 344. The highest BCUT2D eigenvalue weighted by Gasteiger charge is 2.06. The molecule has 1 aromatic rings. The Morgan fingerprint density at radius 3 is 2.80 bits per heavy atom. The molecule has 0 saturated heterocycles. The molecule has 1 N–H and O–H groups in total. The zero-order valence-corrected chi connectivity index (χ0v) is 9.76. The lowest BCUT2D eigenvalue weighted by molar-refractivity contribution is 0.299. The zero-order chi connectivity index (χ0) is 11.3. The van der Waals surface area contributed by atoms with Gasteiger partial charge in [0.25, 0.3) is 0 Å². The van der Waals surface area contributed by atoms with Crippen LogP contribution in [0.1, 0.15) is 23.6 Å². The first-order valence-electron chi connectivity index (χ1n) is 5.25. The number of ether oxygens (including phenoxy) is 1. The molecule has 0 amide bonds. The van der Waals surface area contributed by atoms with E-state index in [0.29, 0.717) is 6.61 Å². The Labute approximate surface area is 92.0 Å². The summed E-state index contributed by atoms with van der Waals surface area (Å²) in [5, 5.41) is 3.14. The Hall–Kier alpha value is -1.28. The summed E-state index contributed by atoms with van der Waals surface area (Å²) in [5.74, 6) is 0.756. The Morgan fingerprint density at radius 1 is 1.47 bits per heavy atom. The number of rotatable bonds is 5. The molecule has 0 saturated carbocycles. The number of nitrogens with one attached hydrogen (secondary N) is 1. The van der Waals surface area contributed by atoms with Crippen molar-refractivity contribution in [3.63, 3.8) is 0 Å². The van der Waals surface area contributed by atoms with Crippen molar-refractivity contribution in [2.75, 3.05) is 13.7 Å². The van der Waals surface area contributed by atoms with E-state index in [4.69, 9.17) is 4.74 Å². The maximum atomic E-state index is 5.45. The number of benzene rings is 1. The van der Waals surface area contributed by atoms with E-state index in [9.17, 15) is 0 Å². The molecule has 1 rings (SSSR count). The third-order valence-corrected chi connectivity index (χ3v) is 2.25. The van der Waals surface area contributed by atoms with Crippen LogP contribution in [0, 0.1) is 6.92 Å². The molecule has 0 aliphatic rings. The monoisotopic (exact) mass is 205 g/mol. The van der Waals surface area contributed by atoms with Gasteiger partial charge in [-0.15, -0.1) is 0 Å². The first kappa shape index (κ1) is 11.8. The van der Waals surface area contributed by atoms with Gasteiger partial charge in [0, 0.05) is 12.1 Å². The highest BCUT2D eigenvalue weighted by atomic mass is 16.5. The summed E-state index contributed by atoms with van der Waals surface area (Å²) in [5.41, 5.74) is 3.55. The van der Waals surface area contributed by atoms with Crippen LogP contribution in [0.5, 0.6) is 0 Å². The van der Waals surface area contributed by atoms with Crippen molar-refractivity contribution in [3.8, 4) is 0 Å². The Morgan fingerprint density at radius 2 is 2.20 bits per heavy atom. The van der Waals surface area contributed by atoms with Gasteiger partial charge in [-0.1, -0.05) is 24.3 Å². The maximum absolute atomic E-state index is 5.45. The van der Waals surface area contributed by atoms with E-state index in [1.54, 1.807) is 0 Å². The fourth-order valence-electron chi connectivity index (χ4n) is 1.55. The minimum absolute atomic E-state index is 0.659. The summed E-state index contributed by atoms with van der Waals surface area (Å²) >= 11 is 0. The lowest BCUT2D eigenvalue weighted by atomic mass is 10.0. The van der Waals surface area contributed by atoms with Gasteiger partial charge in [-0.25, -0.2) is 0 Å². The molecule has 1 aromatic carbocycles. The van der Waals surface area contributed by atoms with Crippen molar-refractivity contribution in [2.45, 2.75) is 20.4 Å². The van der Waals surface area contributed by atoms with E-state index >= 15 is 0 Å². The van der Waals surface area contributed by atoms with Crippen molar-refractivity contribution in [1.29, 1.82) is 0 Å². The van der Waals surface area contributed by atoms with E-state index in [-0.39, 0.29) is 0 Å². The molecule has 0 radical (unpaired) electrons. The van der Waals surface area contributed by atoms with E-state index in [0.717, 1.165) is 17.9 Å². The third kappa shape index (κ3) is 3.10. The van der Waals surface area contributed by atoms with Gasteiger partial charge in [0.1, 0.15) is 5.76 Å². The summed E-state index contributed by atoms with van der Waals surface area (Å²) in [7, 11) is 1.94. The molecule has 0 bridgehead atoms. The first-order chi connectivity index (χ1) is 7.19. The van der Waals surface area contributed by atoms with Crippen LogP contribution >= 0.6 is 0 Å². The van der Waals surface area contributed by atoms with Crippen molar-refractivity contribution in [1.82, 2.24) is 5.32 Å². The van der Waals surface area contributed by atoms with Crippen LogP contribution in [0.4, 0.5) is 0 Å². The molecule has 0 heterocycles. The van der Waals surface area contributed by atoms with Gasteiger partial charge < -0.3 is 10.1 Å². The van der Waals surface area contributed by atoms with Crippen LogP contribution in [0.2, 0.25) is 0 Å². The lowest BCUT2D eigenvalue weighted by Crippen LogP contribution is -2.08.